The van der Waals surface area contributed by atoms with Gasteiger partial charge in [-0.25, -0.2) is 0 Å². The Kier molecular flexibility index (Phi) is 14.5. The minimum absolute atomic E-state index is 0.00904. The normalized spacial score (nSPS) is 12.6. The van der Waals surface area contributed by atoms with E-state index in [0.29, 0.717) is 24.0 Å². The van der Waals surface area contributed by atoms with Gasteiger partial charge in [0.05, 0.1) is 11.1 Å². The number of hydrogen-bond acceptors (Lipinski definition) is 2. The van der Waals surface area contributed by atoms with Gasteiger partial charge < -0.3 is 0 Å². The predicted octanol–water partition coefficient (Wildman–Crippen LogP) is 13.7. The number of alkyl halides is 6. The Bertz CT molecular complexity index is 2250. The zero-order valence-corrected chi connectivity index (χ0v) is 30.8. The Morgan fingerprint density at radius 2 is 1.02 bits per heavy atom. The standard InChI is InChI=1S/C23H19F3O.C16H16O.C8H7F3/c1-16(21-11-5-8-18-7-2-3-10-22(18)21)14-20(27)13-12-17-6-4-9-19(15-17)23(24,25)26;1-3-14(17)11-12(2)15-10-6-8-13-7-4-5-9-16(13)15;1-6-3-2-4-7(5-6)8(9,10)11/h2-13,15-16H,14H2,1H3;3-10,12H,1,11H2,2H3;2-5H,1H3/b13-12+;;. The minimum Gasteiger partial charge on any atom is -0.295 e. The summed E-state index contributed by atoms with van der Waals surface area (Å²) in [6, 6.07) is 38.7. The lowest BCUT2D eigenvalue weighted by atomic mass is 9.91. The molecule has 2 unspecified atom stereocenters. The van der Waals surface area contributed by atoms with Gasteiger partial charge in [-0.3, -0.25) is 9.59 Å². The quantitative estimate of drug-likeness (QED) is 0.109. The number of rotatable bonds is 9. The lowest BCUT2D eigenvalue weighted by molar-refractivity contribution is -0.138. The summed E-state index contributed by atoms with van der Waals surface area (Å²) >= 11 is 0. The maximum atomic E-state index is 12.8. The van der Waals surface area contributed by atoms with Gasteiger partial charge in [0.15, 0.2) is 11.6 Å². The van der Waals surface area contributed by atoms with E-state index in [2.05, 4.69) is 37.8 Å². The number of ketones is 2. The van der Waals surface area contributed by atoms with E-state index in [4.69, 9.17) is 0 Å². The largest absolute Gasteiger partial charge is 0.416 e. The zero-order valence-electron chi connectivity index (χ0n) is 30.8. The summed E-state index contributed by atoms with van der Waals surface area (Å²) in [5.74, 6) is 0.222. The highest BCUT2D eigenvalue weighted by Gasteiger charge is 2.30. The number of benzene rings is 6. The summed E-state index contributed by atoms with van der Waals surface area (Å²) in [4.78, 5) is 23.7. The topological polar surface area (TPSA) is 34.1 Å². The van der Waals surface area contributed by atoms with Crippen LogP contribution < -0.4 is 0 Å². The SMILES string of the molecule is C=CC(=O)CC(C)c1cccc2ccccc12.CC(CC(=O)/C=C/c1cccc(C(F)(F)F)c1)c1cccc2ccccc12.Cc1cccc(C(F)(F)F)c1. The maximum absolute atomic E-state index is 12.8. The van der Waals surface area contributed by atoms with E-state index in [0.717, 1.165) is 40.6 Å². The fraction of sp³-hybridized carbons (Fsp3) is 0.191. The van der Waals surface area contributed by atoms with E-state index in [-0.39, 0.29) is 23.4 Å². The Balaban J connectivity index is 0.000000204. The van der Waals surface area contributed by atoms with Crippen molar-refractivity contribution in [3.8, 4) is 0 Å². The summed E-state index contributed by atoms with van der Waals surface area (Å²) < 4.78 is 74.2. The number of hydrogen-bond donors (Lipinski definition) is 0. The van der Waals surface area contributed by atoms with Gasteiger partial charge in [0.25, 0.3) is 0 Å². The Labute approximate surface area is 317 Å². The highest BCUT2D eigenvalue weighted by Crippen LogP contribution is 2.32. The molecule has 284 valence electrons. The molecule has 0 saturated carbocycles. The molecule has 8 heteroatoms. The van der Waals surface area contributed by atoms with E-state index in [1.807, 2.05) is 67.6 Å². The van der Waals surface area contributed by atoms with Crippen LogP contribution in [0, 0.1) is 6.92 Å². The van der Waals surface area contributed by atoms with Gasteiger partial charge in [0.2, 0.25) is 0 Å². The van der Waals surface area contributed by atoms with E-state index < -0.39 is 23.5 Å². The molecule has 0 bridgehead atoms. The molecular weight excluding hydrogens is 711 g/mol. The predicted molar refractivity (Wildman–Crippen MR) is 211 cm³/mol. The fourth-order valence-electron chi connectivity index (χ4n) is 6.16. The van der Waals surface area contributed by atoms with Gasteiger partial charge in [0.1, 0.15) is 0 Å². The van der Waals surface area contributed by atoms with Crippen LogP contribution in [0.15, 0.2) is 152 Å². The second-order valence-electron chi connectivity index (χ2n) is 13.3. The molecule has 0 fully saturated rings. The molecule has 0 spiro atoms. The molecule has 6 rings (SSSR count). The molecule has 2 nitrogen and oxygen atoms in total. The second-order valence-corrected chi connectivity index (χ2v) is 13.3. The molecule has 0 aliphatic heterocycles. The molecular formula is C47H42F6O2. The van der Waals surface area contributed by atoms with Crippen molar-refractivity contribution in [1.82, 2.24) is 0 Å². The van der Waals surface area contributed by atoms with Crippen LogP contribution >= 0.6 is 0 Å². The van der Waals surface area contributed by atoms with Crippen LogP contribution in [0.4, 0.5) is 26.3 Å². The summed E-state index contributed by atoms with van der Waals surface area (Å²) in [5.41, 5.74) is 2.00. The van der Waals surface area contributed by atoms with E-state index in [9.17, 15) is 35.9 Å². The molecule has 55 heavy (non-hydrogen) atoms. The van der Waals surface area contributed by atoms with Crippen LogP contribution in [0.2, 0.25) is 0 Å². The van der Waals surface area contributed by atoms with Crippen molar-refractivity contribution < 1.29 is 35.9 Å². The molecule has 0 aromatic heterocycles. The third-order valence-corrected chi connectivity index (χ3v) is 8.97. The molecule has 0 aliphatic rings. The summed E-state index contributed by atoms with van der Waals surface area (Å²) in [6.07, 6.45) is -3.59. The monoisotopic (exact) mass is 752 g/mol. The Morgan fingerprint density at radius 1 is 0.582 bits per heavy atom. The number of carbonyl (C=O) groups excluding carboxylic acids is 2. The molecule has 0 radical (unpaired) electrons. The number of halogens is 6. The van der Waals surface area contributed by atoms with Gasteiger partial charge in [0, 0.05) is 12.8 Å². The molecule has 0 heterocycles. The molecule has 6 aromatic rings. The maximum Gasteiger partial charge on any atom is 0.416 e. The highest BCUT2D eigenvalue weighted by atomic mass is 19.4. The van der Waals surface area contributed by atoms with Crippen molar-refractivity contribution in [2.24, 2.45) is 0 Å². The van der Waals surface area contributed by atoms with Crippen molar-refractivity contribution in [3.63, 3.8) is 0 Å². The zero-order chi connectivity index (χ0) is 40.2. The first kappa shape index (κ1) is 42.0. The van der Waals surface area contributed by atoms with E-state index >= 15 is 0 Å². The lowest BCUT2D eigenvalue weighted by Crippen LogP contribution is -2.04. The van der Waals surface area contributed by atoms with Crippen molar-refractivity contribution >= 4 is 39.2 Å². The van der Waals surface area contributed by atoms with Crippen LogP contribution in [0.3, 0.4) is 0 Å². The average molecular weight is 753 g/mol. The molecule has 0 N–H and O–H groups in total. The van der Waals surface area contributed by atoms with Crippen molar-refractivity contribution in [3.05, 3.63) is 186 Å². The molecule has 0 aliphatic carbocycles. The number of allylic oxidation sites excluding steroid dienone is 2. The second kappa shape index (κ2) is 19.0. The number of aryl methyl sites for hydroxylation is 1. The first-order valence-corrected chi connectivity index (χ1v) is 17.7. The molecule has 0 saturated heterocycles. The average Bonchev–Trinajstić information content (AvgIpc) is 3.16. The smallest absolute Gasteiger partial charge is 0.295 e. The van der Waals surface area contributed by atoms with Gasteiger partial charge in [-0.05, 0) is 87.3 Å². The summed E-state index contributed by atoms with van der Waals surface area (Å²) in [7, 11) is 0. The van der Waals surface area contributed by atoms with Crippen LogP contribution in [0.25, 0.3) is 27.6 Å². The third-order valence-electron chi connectivity index (χ3n) is 8.97. The van der Waals surface area contributed by atoms with Gasteiger partial charge in [-0.1, -0.05) is 147 Å². The number of carbonyl (C=O) groups is 2. The van der Waals surface area contributed by atoms with Crippen LogP contribution in [0.5, 0.6) is 0 Å². The molecule has 2 atom stereocenters. The Morgan fingerprint density at radius 3 is 1.49 bits per heavy atom. The summed E-state index contributed by atoms with van der Waals surface area (Å²) in [6.45, 7) is 9.22. The minimum atomic E-state index is -4.39. The third kappa shape index (κ3) is 12.4. The van der Waals surface area contributed by atoms with Gasteiger partial charge >= 0.3 is 12.4 Å². The summed E-state index contributed by atoms with van der Waals surface area (Å²) in [5, 5.41) is 4.69. The first-order chi connectivity index (χ1) is 26.1. The van der Waals surface area contributed by atoms with E-state index in [1.165, 1.54) is 46.7 Å². The van der Waals surface area contributed by atoms with Crippen LogP contribution in [-0.2, 0) is 21.9 Å². The van der Waals surface area contributed by atoms with Crippen molar-refractivity contribution in [1.29, 1.82) is 0 Å². The first-order valence-electron chi connectivity index (χ1n) is 17.7. The van der Waals surface area contributed by atoms with Crippen molar-refractivity contribution in [2.45, 2.75) is 57.8 Å². The molecule has 6 aromatic carbocycles. The fourth-order valence-corrected chi connectivity index (χ4v) is 6.16. The van der Waals surface area contributed by atoms with Crippen LogP contribution in [-0.4, -0.2) is 11.6 Å². The van der Waals surface area contributed by atoms with Gasteiger partial charge in [-0.15, -0.1) is 0 Å². The van der Waals surface area contributed by atoms with Crippen molar-refractivity contribution in [2.75, 3.05) is 0 Å². The Hall–Kier alpha value is -5.76. The number of fused-ring (bicyclic) bond motifs is 2. The van der Waals surface area contributed by atoms with Gasteiger partial charge in [-0.2, -0.15) is 26.3 Å². The van der Waals surface area contributed by atoms with Crippen LogP contribution in [0.1, 0.15) is 71.9 Å². The highest BCUT2D eigenvalue weighted by molar-refractivity contribution is 5.95. The lowest BCUT2D eigenvalue weighted by Gasteiger charge is -2.13. The molecule has 0 amide bonds. The van der Waals surface area contributed by atoms with E-state index in [1.54, 1.807) is 19.1 Å².